The van der Waals surface area contributed by atoms with Crippen LogP contribution < -0.4 is 0 Å². The molecule has 0 saturated carbocycles. The van der Waals surface area contributed by atoms with Gasteiger partial charge < -0.3 is 14.9 Å². The molecule has 0 fully saturated rings. The van der Waals surface area contributed by atoms with Crippen molar-refractivity contribution >= 4 is 11.7 Å². The van der Waals surface area contributed by atoms with E-state index < -0.39 is 5.97 Å². The molecule has 0 bridgehead atoms. The monoisotopic (exact) mass is 145 g/mol. The van der Waals surface area contributed by atoms with Crippen LogP contribution in [0.1, 0.15) is 13.3 Å². The highest BCUT2D eigenvalue weighted by Crippen LogP contribution is 1.87. The van der Waals surface area contributed by atoms with E-state index in [1.165, 1.54) is 7.11 Å². The third kappa shape index (κ3) is 5.24. The molecule has 0 aliphatic heterocycles. The Morgan fingerprint density at radius 3 is 2.60 bits per heavy atom. The smallest absolute Gasteiger partial charge is 0.313 e. The highest BCUT2D eigenvalue weighted by Gasteiger charge is 2.01. The van der Waals surface area contributed by atoms with Gasteiger partial charge in [0.1, 0.15) is 0 Å². The van der Waals surface area contributed by atoms with Gasteiger partial charge in [0.05, 0.1) is 6.42 Å². The number of esters is 1. The summed E-state index contributed by atoms with van der Waals surface area (Å²) in [6.07, 6.45) is 0.0450. The van der Waals surface area contributed by atoms with Gasteiger partial charge >= 0.3 is 5.97 Å². The van der Waals surface area contributed by atoms with Crippen LogP contribution in [0.5, 0.6) is 0 Å². The molecule has 0 heterocycles. The second kappa shape index (κ2) is 4.93. The lowest BCUT2D eigenvalue weighted by molar-refractivity contribution is -0.152. The highest BCUT2D eigenvalue weighted by atomic mass is 16.7. The number of hydrogen-bond donors (Lipinski definition) is 1. The van der Waals surface area contributed by atoms with Crippen LogP contribution in [0.3, 0.4) is 0 Å². The lowest BCUT2D eigenvalue weighted by Crippen LogP contribution is -2.09. The zero-order valence-corrected chi connectivity index (χ0v) is 6.14. The Labute approximate surface area is 59.6 Å². The molecule has 0 aliphatic carbocycles. The fraction of sp³-hybridized carbons (Fsp3) is 0.667. The van der Waals surface area contributed by atoms with Crippen molar-refractivity contribution in [1.29, 1.82) is 5.41 Å². The van der Waals surface area contributed by atoms with Crippen molar-refractivity contribution in [2.75, 3.05) is 13.9 Å². The van der Waals surface area contributed by atoms with Crippen LogP contribution in [-0.2, 0) is 14.3 Å². The van der Waals surface area contributed by atoms with Gasteiger partial charge in [0.2, 0.25) is 0 Å². The molecule has 58 valence electrons. The van der Waals surface area contributed by atoms with Crippen LogP contribution in [0.25, 0.3) is 0 Å². The number of carbonyl (C=O) groups is 1. The summed E-state index contributed by atoms with van der Waals surface area (Å²) in [4.78, 5) is 10.6. The van der Waals surface area contributed by atoms with Crippen molar-refractivity contribution in [3.8, 4) is 0 Å². The molecule has 10 heavy (non-hydrogen) atoms. The predicted octanol–water partition coefficient (Wildman–Crippen LogP) is 0.563. The molecule has 0 spiro atoms. The third-order valence-corrected chi connectivity index (χ3v) is 0.747. The molecule has 0 aliphatic rings. The zero-order valence-electron chi connectivity index (χ0n) is 6.14. The molecule has 0 saturated heterocycles. The fourth-order valence-electron chi connectivity index (χ4n) is 0.392. The summed E-state index contributed by atoms with van der Waals surface area (Å²) in [6.45, 7) is 1.51. The van der Waals surface area contributed by atoms with E-state index in [2.05, 4.69) is 9.47 Å². The number of carbonyl (C=O) groups excluding carboxylic acids is 1. The second-order valence-electron chi connectivity index (χ2n) is 1.88. The van der Waals surface area contributed by atoms with Gasteiger partial charge in [0, 0.05) is 12.8 Å². The zero-order chi connectivity index (χ0) is 7.98. The topological polar surface area (TPSA) is 59.4 Å². The molecule has 0 aromatic carbocycles. The normalized spacial score (nSPS) is 9.00. The Bertz CT molecular complexity index is 133. The molecule has 0 rings (SSSR count). The van der Waals surface area contributed by atoms with Crippen molar-refractivity contribution in [1.82, 2.24) is 0 Å². The van der Waals surface area contributed by atoms with Gasteiger partial charge in [0.15, 0.2) is 6.79 Å². The molecule has 0 aromatic rings. The second-order valence-corrected chi connectivity index (χ2v) is 1.88. The molecule has 0 atom stereocenters. The van der Waals surface area contributed by atoms with E-state index in [0.717, 1.165) is 0 Å². The Morgan fingerprint density at radius 2 is 2.20 bits per heavy atom. The van der Waals surface area contributed by atoms with Gasteiger partial charge in [-0.2, -0.15) is 0 Å². The number of hydrogen-bond acceptors (Lipinski definition) is 4. The summed E-state index contributed by atoms with van der Waals surface area (Å²) in [5, 5.41) is 6.92. The van der Waals surface area contributed by atoms with Crippen LogP contribution >= 0.6 is 0 Å². The maximum atomic E-state index is 10.6. The maximum absolute atomic E-state index is 10.6. The summed E-state index contributed by atoms with van der Waals surface area (Å²) in [7, 11) is 1.44. The Balaban J connectivity index is 3.35. The van der Waals surface area contributed by atoms with Gasteiger partial charge in [-0.15, -0.1) is 0 Å². The average Bonchev–Trinajstić information content (AvgIpc) is 1.82. The van der Waals surface area contributed by atoms with Gasteiger partial charge in [0.25, 0.3) is 0 Å². The van der Waals surface area contributed by atoms with Crippen LogP contribution in [0.4, 0.5) is 0 Å². The number of rotatable bonds is 4. The van der Waals surface area contributed by atoms with Crippen LogP contribution in [0.15, 0.2) is 0 Å². The number of nitrogens with one attached hydrogen (secondary N) is 1. The van der Waals surface area contributed by atoms with E-state index in [0.29, 0.717) is 5.71 Å². The van der Waals surface area contributed by atoms with Gasteiger partial charge in [-0.1, -0.05) is 0 Å². The van der Waals surface area contributed by atoms with E-state index in [4.69, 9.17) is 5.41 Å². The molecule has 0 aromatic heterocycles. The summed E-state index contributed by atoms with van der Waals surface area (Å²) < 4.78 is 8.98. The Kier molecular flexibility index (Phi) is 4.49. The quantitative estimate of drug-likeness (QED) is 0.357. The molecule has 4 heteroatoms. The first kappa shape index (κ1) is 9.10. The van der Waals surface area contributed by atoms with Crippen LogP contribution in [-0.4, -0.2) is 25.6 Å². The van der Waals surface area contributed by atoms with E-state index in [1.807, 2.05) is 0 Å². The lowest BCUT2D eigenvalue weighted by atomic mass is 10.3. The van der Waals surface area contributed by atoms with Crippen molar-refractivity contribution in [2.45, 2.75) is 13.3 Å². The lowest BCUT2D eigenvalue weighted by Gasteiger charge is -2.00. The number of methoxy groups -OCH3 is 1. The maximum Gasteiger partial charge on any atom is 0.313 e. The van der Waals surface area contributed by atoms with Gasteiger partial charge in [-0.3, -0.25) is 4.79 Å². The third-order valence-electron chi connectivity index (χ3n) is 0.747. The highest BCUT2D eigenvalue weighted by molar-refractivity contribution is 5.95. The van der Waals surface area contributed by atoms with E-state index in [9.17, 15) is 4.79 Å². The molecular weight excluding hydrogens is 134 g/mol. The van der Waals surface area contributed by atoms with Crippen molar-refractivity contribution in [3.63, 3.8) is 0 Å². The summed E-state index contributed by atoms with van der Waals surface area (Å²) >= 11 is 0. The van der Waals surface area contributed by atoms with Crippen molar-refractivity contribution in [2.24, 2.45) is 0 Å². The minimum atomic E-state index is -0.422. The first-order valence-electron chi connectivity index (χ1n) is 2.85. The van der Waals surface area contributed by atoms with Crippen LogP contribution in [0.2, 0.25) is 0 Å². The minimum Gasteiger partial charge on any atom is -0.438 e. The summed E-state index contributed by atoms with van der Waals surface area (Å²) in [5.74, 6) is -0.422. The van der Waals surface area contributed by atoms with E-state index in [-0.39, 0.29) is 13.2 Å². The first-order chi connectivity index (χ1) is 4.66. The Morgan fingerprint density at radius 1 is 1.60 bits per heavy atom. The van der Waals surface area contributed by atoms with E-state index >= 15 is 0 Å². The summed E-state index contributed by atoms with van der Waals surface area (Å²) in [5.41, 5.74) is 0.293. The van der Waals surface area contributed by atoms with E-state index in [1.54, 1.807) is 6.92 Å². The van der Waals surface area contributed by atoms with Crippen molar-refractivity contribution in [3.05, 3.63) is 0 Å². The minimum absolute atomic E-state index is 0.0356. The SMILES string of the molecule is COCOC(=O)CC(C)=N. The Hall–Kier alpha value is -0.900. The molecule has 1 N–H and O–H groups in total. The molecular formula is C6H11NO3. The summed E-state index contributed by atoms with van der Waals surface area (Å²) in [6, 6.07) is 0. The van der Waals surface area contributed by atoms with Gasteiger partial charge in [-0.25, -0.2) is 0 Å². The molecule has 0 amide bonds. The average molecular weight is 145 g/mol. The predicted molar refractivity (Wildman–Crippen MR) is 36.0 cm³/mol. The molecule has 0 unspecified atom stereocenters. The van der Waals surface area contributed by atoms with Crippen molar-refractivity contribution < 1.29 is 14.3 Å². The largest absolute Gasteiger partial charge is 0.438 e. The molecule has 0 radical (unpaired) electrons. The first-order valence-corrected chi connectivity index (χ1v) is 2.85. The standard InChI is InChI=1S/C6H11NO3/c1-5(7)3-6(8)10-4-9-2/h7H,3-4H2,1-2H3. The molecule has 4 nitrogen and oxygen atoms in total. The fourth-order valence-corrected chi connectivity index (χ4v) is 0.392. The van der Waals surface area contributed by atoms with Gasteiger partial charge in [-0.05, 0) is 6.92 Å². The van der Waals surface area contributed by atoms with Crippen LogP contribution in [0, 0.1) is 5.41 Å². The number of ether oxygens (including phenoxy) is 2.